The Bertz CT molecular complexity index is 539. The molecular formula is C17H28N4OS. The first-order chi connectivity index (χ1) is 10.9. The molecule has 0 saturated carbocycles. The van der Waals surface area contributed by atoms with Crippen LogP contribution in [0.1, 0.15) is 45.7 Å². The van der Waals surface area contributed by atoms with E-state index in [9.17, 15) is 4.79 Å². The van der Waals surface area contributed by atoms with Crippen LogP contribution in [0.2, 0.25) is 0 Å². The van der Waals surface area contributed by atoms with Gasteiger partial charge in [-0.1, -0.05) is 27.2 Å². The Labute approximate surface area is 143 Å². The molecule has 0 radical (unpaired) electrons. The van der Waals surface area contributed by atoms with Crippen molar-refractivity contribution in [3.8, 4) is 0 Å². The van der Waals surface area contributed by atoms with Crippen molar-refractivity contribution in [2.45, 2.75) is 51.5 Å². The normalized spacial score (nSPS) is 21.2. The number of piperidine rings is 1. The van der Waals surface area contributed by atoms with Gasteiger partial charge in [0.1, 0.15) is 0 Å². The first kappa shape index (κ1) is 16.9. The van der Waals surface area contributed by atoms with Crippen molar-refractivity contribution in [1.82, 2.24) is 14.8 Å². The average Bonchev–Trinajstić information content (AvgIpc) is 2.92. The van der Waals surface area contributed by atoms with Gasteiger partial charge in [0.05, 0.1) is 12.2 Å². The van der Waals surface area contributed by atoms with Crippen LogP contribution < -0.4 is 5.32 Å². The van der Waals surface area contributed by atoms with E-state index in [0.717, 1.165) is 18.8 Å². The van der Waals surface area contributed by atoms with E-state index < -0.39 is 0 Å². The van der Waals surface area contributed by atoms with E-state index in [1.54, 1.807) is 0 Å². The number of nitrogens with zero attached hydrogens (tertiary/aromatic N) is 3. The number of anilines is 1. The van der Waals surface area contributed by atoms with E-state index in [2.05, 4.69) is 40.9 Å². The first-order valence-corrected chi connectivity index (χ1v) is 9.52. The van der Waals surface area contributed by atoms with Crippen molar-refractivity contribution in [2.75, 3.05) is 38.0 Å². The SMILES string of the molecule is CC(C)(C)c1csc(NC(=O)CN2CC(N3CCCCC3)C2)n1. The quantitative estimate of drug-likeness (QED) is 0.918. The maximum atomic E-state index is 12.2. The molecule has 0 spiro atoms. The molecule has 1 aromatic rings. The van der Waals surface area contributed by atoms with Crippen molar-refractivity contribution in [3.63, 3.8) is 0 Å². The lowest BCUT2D eigenvalue weighted by molar-refractivity contribution is -0.119. The maximum Gasteiger partial charge on any atom is 0.240 e. The van der Waals surface area contributed by atoms with E-state index in [4.69, 9.17) is 0 Å². The minimum Gasteiger partial charge on any atom is -0.301 e. The van der Waals surface area contributed by atoms with Crippen molar-refractivity contribution in [2.24, 2.45) is 0 Å². The van der Waals surface area contributed by atoms with Crippen LogP contribution in [0.5, 0.6) is 0 Å². The summed E-state index contributed by atoms with van der Waals surface area (Å²) in [5, 5.41) is 5.69. The van der Waals surface area contributed by atoms with Gasteiger partial charge in [-0.05, 0) is 25.9 Å². The zero-order valence-electron chi connectivity index (χ0n) is 14.5. The molecule has 5 nitrogen and oxygen atoms in total. The second-order valence-corrected chi connectivity index (χ2v) is 8.64. The van der Waals surface area contributed by atoms with Crippen LogP contribution in [0.4, 0.5) is 5.13 Å². The molecule has 1 N–H and O–H groups in total. The number of rotatable bonds is 4. The van der Waals surface area contributed by atoms with Crippen molar-refractivity contribution in [1.29, 1.82) is 0 Å². The molecule has 23 heavy (non-hydrogen) atoms. The second-order valence-electron chi connectivity index (χ2n) is 7.78. The standard InChI is InChI=1S/C17H28N4OS/c1-17(2,3)14-12-23-16(18-14)19-15(22)11-20-9-13(10-20)21-7-5-4-6-8-21/h12-13H,4-11H2,1-3H3,(H,18,19,22). The van der Waals surface area contributed by atoms with Crippen LogP contribution in [-0.4, -0.2) is 59.5 Å². The molecule has 2 aliphatic heterocycles. The van der Waals surface area contributed by atoms with Gasteiger partial charge in [-0.3, -0.25) is 14.6 Å². The molecule has 1 amide bonds. The highest BCUT2D eigenvalue weighted by Crippen LogP contribution is 2.26. The monoisotopic (exact) mass is 336 g/mol. The second kappa shape index (κ2) is 6.87. The fraction of sp³-hybridized carbons (Fsp3) is 0.765. The lowest BCUT2D eigenvalue weighted by Crippen LogP contribution is -2.61. The number of hydrogen-bond acceptors (Lipinski definition) is 5. The molecule has 0 bridgehead atoms. The molecule has 1 aromatic heterocycles. The lowest BCUT2D eigenvalue weighted by Gasteiger charge is -2.46. The van der Waals surface area contributed by atoms with Gasteiger partial charge in [-0.25, -0.2) is 4.98 Å². The lowest BCUT2D eigenvalue weighted by atomic mass is 9.93. The van der Waals surface area contributed by atoms with Crippen LogP contribution in [0.25, 0.3) is 0 Å². The molecule has 0 atom stereocenters. The van der Waals surface area contributed by atoms with Crippen molar-refractivity contribution in [3.05, 3.63) is 11.1 Å². The smallest absolute Gasteiger partial charge is 0.240 e. The Hall–Kier alpha value is -0.980. The molecule has 128 valence electrons. The Morgan fingerprint density at radius 3 is 2.61 bits per heavy atom. The van der Waals surface area contributed by atoms with Crippen LogP contribution in [0.15, 0.2) is 5.38 Å². The summed E-state index contributed by atoms with van der Waals surface area (Å²) in [6.45, 7) is 11.4. The number of carbonyl (C=O) groups excluding carboxylic acids is 1. The fourth-order valence-electron chi connectivity index (χ4n) is 3.22. The summed E-state index contributed by atoms with van der Waals surface area (Å²) in [5.74, 6) is 0.0527. The van der Waals surface area contributed by atoms with E-state index in [-0.39, 0.29) is 11.3 Å². The molecule has 2 fully saturated rings. The Morgan fingerprint density at radius 2 is 2.00 bits per heavy atom. The number of carbonyl (C=O) groups is 1. The maximum absolute atomic E-state index is 12.2. The molecule has 3 heterocycles. The van der Waals surface area contributed by atoms with Crippen LogP contribution in [-0.2, 0) is 10.2 Å². The largest absolute Gasteiger partial charge is 0.301 e. The number of likely N-dealkylation sites (tertiary alicyclic amines) is 2. The van der Waals surface area contributed by atoms with Gasteiger partial charge in [0.2, 0.25) is 5.91 Å². The highest BCUT2D eigenvalue weighted by atomic mass is 32.1. The summed E-state index contributed by atoms with van der Waals surface area (Å²) in [6.07, 6.45) is 4.04. The van der Waals surface area contributed by atoms with E-state index in [1.807, 2.05) is 5.38 Å². The minimum atomic E-state index is 0.0264. The molecule has 0 aromatic carbocycles. The summed E-state index contributed by atoms with van der Waals surface area (Å²) in [7, 11) is 0. The summed E-state index contributed by atoms with van der Waals surface area (Å²) in [5.41, 5.74) is 1.06. The summed E-state index contributed by atoms with van der Waals surface area (Å²) >= 11 is 1.51. The zero-order chi connectivity index (χ0) is 16.4. The van der Waals surface area contributed by atoms with Gasteiger partial charge in [-0.15, -0.1) is 11.3 Å². The molecule has 3 rings (SSSR count). The molecule has 2 aliphatic rings. The molecule has 0 aliphatic carbocycles. The van der Waals surface area contributed by atoms with E-state index in [1.165, 1.54) is 43.7 Å². The molecule has 0 unspecified atom stereocenters. The highest BCUT2D eigenvalue weighted by molar-refractivity contribution is 7.13. The van der Waals surface area contributed by atoms with Crippen LogP contribution in [0, 0.1) is 0 Å². The van der Waals surface area contributed by atoms with E-state index >= 15 is 0 Å². The van der Waals surface area contributed by atoms with Crippen molar-refractivity contribution < 1.29 is 4.79 Å². The predicted molar refractivity (Wildman–Crippen MR) is 95.1 cm³/mol. The third-order valence-corrected chi connectivity index (χ3v) is 5.49. The first-order valence-electron chi connectivity index (χ1n) is 8.64. The van der Waals surface area contributed by atoms with Crippen molar-refractivity contribution >= 4 is 22.4 Å². The summed E-state index contributed by atoms with van der Waals surface area (Å²) < 4.78 is 0. The zero-order valence-corrected chi connectivity index (χ0v) is 15.3. The van der Waals surface area contributed by atoms with Gasteiger partial charge in [0.25, 0.3) is 0 Å². The predicted octanol–water partition coefficient (Wildman–Crippen LogP) is 2.55. The van der Waals surface area contributed by atoms with Gasteiger partial charge in [-0.2, -0.15) is 0 Å². The minimum absolute atomic E-state index is 0.0264. The number of thiazole rings is 1. The Morgan fingerprint density at radius 1 is 1.30 bits per heavy atom. The van der Waals surface area contributed by atoms with Gasteiger partial charge in [0.15, 0.2) is 5.13 Å². The van der Waals surface area contributed by atoms with Gasteiger partial charge >= 0.3 is 0 Å². The summed E-state index contributed by atoms with van der Waals surface area (Å²) in [6, 6.07) is 0.662. The highest BCUT2D eigenvalue weighted by Gasteiger charge is 2.33. The van der Waals surface area contributed by atoms with Crippen LogP contribution in [0.3, 0.4) is 0 Å². The fourth-order valence-corrected chi connectivity index (χ4v) is 4.18. The molecule has 2 saturated heterocycles. The topological polar surface area (TPSA) is 48.5 Å². The summed E-state index contributed by atoms with van der Waals surface area (Å²) in [4.78, 5) is 21.5. The Balaban J connectivity index is 1.41. The number of aromatic nitrogens is 1. The third-order valence-electron chi connectivity index (χ3n) is 4.73. The van der Waals surface area contributed by atoms with Gasteiger partial charge in [0, 0.05) is 29.9 Å². The number of hydrogen-bond donors (Lipinski definition) is 1. The Kier molecular flexibility index (Phi) is 5.04. The molecule has 6 heteroatoms. The van der Waals surface area contributed by atoms with Crippen LogP contribution >= 0.6 is 11.3 Å². The molecular weight excluding hydrogens is 308 g/mol. The number of nitrogens with one attached hydrogen (secondary N) is 1. The average molecular weight is 337 g/mol. The van der Waals surface area contributed by atoms with Gasteiger partial charge < -0.3 is 5.32 Å². The number of amides is 1. The third kappa shape index (κ3) is 4.31. The van der Waals surface area contributed by atoms with E-state index in [0.29, 0.717) is 17.7 Å².